The number of carbonyl (C=O) groups excluding carboxylic acids is 2. The van der Waals surface area contributed by atoms with Gasteiger partial charge in [0.25, 0.3) is 11.8 Å². The lowest BCUT2D eigenvalue weighted by Gasteiger charge is -2.18. The Hall–Kier alpha value is -3.99. The molecular weight excluding hydrogens is 464 g/mol. The van der Waals surface area contributed by atoms with E-state index in [9.17, 15) is 14.4 Å². The number of nitrogens with zero attached hydrogens (tertiary/aromatic N) is 2. The molecule has 2 aromatic heterocycles. The number of carbonyl (C=O) groups is 3. The maximum Gasteiger partial charge on any atom is 0.339 e. The van der Waals surface area contributed by atoms with Gasteiger partial charge in [-0.2, -0.15) is 0 Å². The lowest BCUT2D eigenvalue weighted by molar-refractivity contribution is -0.118. The van der Waals surface area contributed by atoms with Crippen LogP contribution in [0, 0.1) is 5.92 Å². The van der Waals surface area contributed by atoms with Gasteiger partial charge < -0.3 is 31.2 Å². The van der Waals surface area contributed by atoms with Crippen molar-refractivity contribution in [2.45, 2.75) is 45.1 Å². The normalized spacial score (nSPS) is 15.5. The number of aromatic carboxylic acids is 1. The molecule has 2 aliphatic rings. The van der Waals surface area contributed by atoms with E-state index in [0.717, 1.165) is 24.4 Å². The summed E-state index contributed by atoms with van der Waals surface area (Å²) in [5, 5.41) is 14.6. The maximum absolute atomic E-state index is 12.5. The highest BCUT2D eigenvalue weighted by Gasteiger charge is 2.20. The molecule has 0 unspecified atom stereocenters. The zero-order chi connectivity index (χ0) is 25.5. The lowest BCUT2D eigenvalue weighted by Crippen LogP contribution is -2.26. The topological polar surface area (TPSA) is 172 Å². The summed E-state index contributed by atoms with van der Waals surface area (Å²) in [5.41, 5.74) is 7.28. The monoisotopic (exact) mass is 494 g/mol. The minimum absolute atomic E-state index is 0.0265. The van der Waals surface area contributed by atoms with Crippen molar-refractivity contribution in [2.24, 2.45) is 11.7 Å². The van der Waals surface area contributed by atoms with Crippen LogP contribution >= 0.6 is 0 Å². The summed E-state index contributed by atoms with van der Waals surface area (Å²) >= 11 is 0. The summed E-state index contributed by atoms with van der Waals surface area (Å²) < 4.78 is 5.29. The molecule has 2 amide bonds. The predicted octanol–water partition coefficient (Wildman–Crippen LogP) is 2.83. The Morgan fingerprint density at radius 2 is 1.94 bits per heavy atom. The van der Waals surface area contributed by atoms with Crippen LogP contribution in [-0.4, -0.2) is 51.0 Å². The van der Waals surface area contributed by atoms with Gasteiger partial charge in [0.1, 0.15) is 23.2 Å². The minimum atomic E-state index is -1.15. The SMILES string of the molecule is NCC1CCCCCC1.O=C1COc2ccc(CNC(=O)c3ncnc4c(C(=O)O)c[nH]c34)cc2N1. The smallest absolute Gasteiger partial charge is 0.339 e. The lowest BCUT2D eigenvalue weighted by atomic mass is 10.0. The van der Waals surface area contributed by atoms with Crippen molar-refractivity contribution in [3.05, 3.63) is 47.5 Å². The summed E-state index contributed by atoms with van der Waals surface area (Å²) in [5.74, 6) is -0.459. The molecule has 1 aliphatic carbocycles. The number of aromatic nitrogens is 3. The molecule has 36 heavy (non-hydrogen) atoms. The number of nitrogens with one attached hydrogen (secondary N) is 3. The first-order valence-electron chi connectivity index (χ1n) is 12.1. The number of carboxylic acid groups (broad SMARTS) is 1. The molecule has 3 aromatic rings. The summed E-state index contributed by atoms with van der Waals surface area (Å²) in [6, 6.07) is 5.19. The van der Waals surface area contributed by atoms with Crippen LogP contribution < -0.4 is 21.1 Å². The van der Waals surface area contributed by atoms with E-state index in [-0.39, 0.29) is 41.3 Å². The first-order valence-corrected chi connectivity index (χ1v) is 12.1. The third-order valence-electron chi connectivity index (χ3n) is 6.35. The van der Waals surface area contributed by atoms with Crippen LogP contribution in [0.2, 0.25) is 0 Å². The van der Waals surface area contributed by atoms with Crippen LogP contribution in [0.25, 0.3) is 11.0 Å². The van der Waals surface area contributed by atoms with Crippen LogP contribution in [-0.2, 0) is 11.3 Å². The van der Waals surface area contributed by atoms with Gasteiger partial charge in [0.05, 0.1) is 11.2 Å². The molecule has 6 N–H and O–H groups in total. The third kappa shape index (κ3) is 5.98. The Labute approximate surface area is 207 Å². The second-order valence-corrected chi connectivity index (χ2v) is 8.90. The zero-order valence-electron chi connectivity index (χ0n) is 19.9. The molecule has 11 heteroatoms. The molecule has 190 valence electrons. The maximum atomic E-state index is 12.5. The zero-order valence-corrected chi connectivity index (χ0v) is 19.9. The molecule has 0 radical (unpaired) electrons. The Balaban J connectivity index is 0.000000286. The van der Waals surface area contributed by atoms with Gasteiger partial charge in [-0.3, -0.25) is 9.59 Å². The van der Waals surface area contributed by atoms with Gasteiger partial charge in [-0.25, -0.2) is 14.8 Å². The van der Waals surface area contributed by atoms with Crippen molar-refractivity contribution < 1.29 is 24.2 Å². The van der Waals surface area contributed by atoms with E-state index in [1.807, 2.05) is 0 Å². The van der Waals surface area contributed by atoms with Crippen molar-refractivity contribution in [1.82, 2.24) is 20.3 Å². The number of nitrogens with two attached hydrogens (primary N) is 1. The number of fused-ring (bicyclic) bond motifs is 2. The summed E-state index contributed by atoms with van der Waals surface area (Å²) in [7, 11) is 0. The quantitative estimate of drug-likeness (QED) is 0.337. The minimum Gasteiger partial charge on any atom is -0.482 e. The number of aromatic amines is 1. The molecule has 3 heterocycles. The molecule has 5 rings (SSSR count). The average Bonchev–Trinajstić information content (AvgIpc) is 3.15. The van der Waals surface area contributed by atoms with Gasteiger partial charge in [0.2, 0.25) is 0 Å². The Morgan fingerprint density at radius 1 is 1.17 bits per heavy atom. The van der Waals surface area contributed by atoms with E-state index in [1.165, 1.54) is 44.7 Å². The number of H-pyrrole nitrogens is 1. The fraction of sp³-hybridized carbons (Fsp3) is 0.400. The summed E-state index contributed by atoms with van der Waals surface area (Å²) in [6.07, 6.45) is 10.9. The molecule has 0 spiro atoms. The number of rotatable bonds is 5. The van der Waals surface area contributed by atoms with Gasteiger partial charge in [0, 0.05) is 12.7 Å². The fourth-order valence-corrected chi connectivity index (χ4v) is 4.38. The highest BCUT2D eigenvalue weighted by atomic mass is 16.5. The van der Waals surface area contributed by atoms with E-state index in [2.05, 4.69) is 25.6 Å². The Kier molecular flexibility index (Phi) is 8.11. The highest BCUT2D eigenvalue weighted by molar-refractivity contribution is 6.08. The van der Waals surface area contributed by atoms with Crippen LogP contribution in [0.3, 0.4) is 0 Å². The van der Waals surface area contributed by atoms with Gasteiger partial charge in [0.15, 0.2) is 12.3 Å². The van der Waals surface area contributed by atoms with Gasteiger partial charge in [-0.1, -0.05) is 31.7 Å². The Morgan fingerprint density at radius 3 is 2.67 bits per heavy atom. The second-order valence-electron chi connectivity index (χ2n) is 8.90. The van der Waals surface area contributed by atoms with E-state index >= 15 is 0 Å². The molecule has 0 atom stereocenters. The van der Waals surface area contributed by atoms with Crippen molar-refractivity contribution in [1.29, 1.82) is 0 Å². The van der Waals surface area contributed by atoms with Crippen LogP contribution in [0.15, 0.2) is 30.7 Å². The Bertz CT molecular complexity index is 1250. The predicted molar refractivity (Wildman–Crippen MR) is 133 cm³/mol. The molecule has 1 aliphatic heterocycles. The summed E-state index contributed by atoms with van der Waals surface area (Å²) in [6.45, 7) is 1.07. The van der Waals surface area contributed by atoms with E-state index in [0.29, 0.717) is 11.4 Å². The van der Waals surface area contributed by atoms with Gasteiger partial charge in [-0.15, -0.1) is 0 Å². The molecule has 1 saturated carbocycles. The van der Waals surface area contributed by atoms with Crippen molar-refractivity contribution >= 4 is 34.5 Å². The molecule has 0 bridgehead atoms. The number of amides is 2. The third-order valence-corrected chi connectivity index (χ3v) is 6.35. The van der Waals surface area contributed by atoms with Crippen LogP contribution in [0.5, 0.6) is 5.75 Å². The van der Waals surface area contributed by atoms with E-state index < -0.39 is 11.9 Å². The number of anilines is 1. The molecule has 11 nitrogen and oxygen atoms in total. The number of hydrogen-bond acceptors (Lipinski definition) is 7. The first kappa shape index (κ1) is 25.1. The number of ether oxygens (including phenoxy) is 1. The molecule has 0 saturated heterocycles. The van der Waals surface area contributed by atoms with Crippen LogP contribution in [0.4, 0.5) is 5.69 Å². The fourth-order valence-electron chi connectivity index (χ4n) is 4.38. The van der Waals surface area contributed by atoms with Crippen LogP contribution in [0.1, 0.15) is 64.9 Å². The molecule has 1 aromatic carbocycles. The number of carboxylic acids is 1. The van der Waals surface area contributed by atoms with Gasteiger partial charge in [-0.05, 0) is 43.0 Å². The number of hydrogen-bond donors (Lipinski definition) is 5. The summed E-state index contributed by atoms with van der Waals surface area (Å²) in [4.78, 5) is 45.7. The average molecular weight is 495 g/mol. The van der Waals surface area contributed by atoms with E-state index in [4.69, 9.17) is 15.6 Å². The second kappa shape index (κ2) is 11.6. The molecule has 1 fully saturated rings. The number of benzene rings is 1. The molecular formula is C25H30N6O5. The van der Waals surface area contributed by atoms with Crippen molar-refractivity contribution in [3.63, 3.8) is 0 Å². The standard InChI is InChI=1S/C17H13N5O5.C8H17N/c23-12-6-27-11-2-1-8(3-10(11)22-12)4-19-16(24)15-14-13(20-7-21-15)9(5-18-14)17(25)26;9-7-8-5-3-1-2-4-6-8/h1-3,5,7,18H,4,6H2,(H,19,24)(H,22,23)(H,25,26);8H,1-7,9H2. The van der Waals surface area contributed by atoms with Gasteiger partial charge >= 0.3 is 5.97 Å². The highest BCUT2D eigenvalue weighted by Crippen LogP contribution is 2.28. The largest absolute Gasteiger partial charge is 0.482 e. The first-order chi connectivity index (χ1) is 17.5. The van der Waals surface area contributed by atoms with Crippen molar-refractivity contribution in [3.8, 4) is 5.75 Å². The van der Waals surface area contributed by atoms with Crippen molar-refractivity contribution in [2.75, 3.05) is 18.5 Å². The van der Waals surface area contributed by atoms with E-state index in [1.54, 1.807) is 18.2 Å².